The van der Waals surface area contributed by atoms with Crippen molar-refractivity contribution in [1.82, 2.24) is 4.98 Å². The average Bonchev–Trinajstić information content (AvgIpc) is 3.24. The van der Waals surface area contributed by atoms with Crippen molar-refractivity contribution in [1.29, 1.82) is 5.26 Å². The minimum Gasteiger partial charge on any atom is -0.495 e. The summed E-state index contributed by atoms with van der Waals surface area (Å²) in [7, 11) is 3.13. The third kappa shape index (κ3) is 9.15. The van der Waals surface area contributed by atoms with E-state index in [1.807, 2.05) is 37.4 Å². The Morgan fingerprint density at radius 2 is 1.62 bits per heavy atom. The highest BCUT2D eigenvalue weighted by Gasteiger charge is 2.25. The van der Waals surface area contributed by atoms with Crippen LogP contribution in [0.1, 0.15) is 48.8 Å². The number of Topliss-reactive ketones (excluding diaryl/α,β-unsaturated/α-hetero) is 1. The Bertz CT molecular complexity index is 1250. The molecule has 1 unspecified atom stereocenters. The number of thiazole rings is 1. The van der Waals surface area contributed by atoms with Crippen molar-refractivity contribution < 1.29 is 14.3 Å². The summed E-state index contributed by atoms with van der Waals surface area (Å²) in [6, 6.07) is 10.7. The molecule has 200 valence electrons. The fraction of sp³-hybridized carbons (Fsp3) is 0.346. The van der Waals surface area contributed by atoms with Crippen LogP contribution in [0.5, 0.6) is 11.5 Å². The molecular weight excluding hydrogens is 683 g/mol. The summed E-state index contributed by atoms with van der Waals surface area (Å²) in [5, 5.41) is 11.3. The van der Waals surface area contributed by atoms with Crippen molar-refractivity contribution in [2.45, 2.75) is 38.9 Å². The first-order chi connectivity index (χ1) is 17.0. The van der Waals surface area contributed by atoms with E-state index < -0.39 is 0 Å². The second-order valence-electron chi connectivity index (χ2n) is 8.27. The summed E-state index contributed by atoms with van der Waals surface area (Å²) >= 11 is 18.2. The van der Waals surface area contributed by atoms with Crippen LogP contribution < -0.4 is 9.47 Å². The number of carbonyl (C=O) groups excluding carboxylic acids is 1. The van der Waals surface area contributed by atoms with E-state index in [1.165, 1.54) is 12.0 Å². The lowest BCUT2D eigenvalue weighted by Gasteiger charge is -2.16. The Kier molecular flexibility index (Phi) is 14.6. The maximum absolute atomic E-state index is 12.3. The summed E-state index contributed by atoms with van der Waals surface area (Å²) in [5.41, 5.74) is 2.51. The summed E-state index contributed by atoms with van der Waals surface area (Å²) in [6.07, 6.45) is 0. The van der Waals surface area contributed by atoms with Gasteiger partial charge in [0.15, 0.2) is 9.70 Å². The monoisotopic (exact) mass is 708 g/mol. The van der Waals surface area contributed by atoms with Gasteiger partial charge in [-0.1, -0.05) is 50.9 Å². The van der Waals surface area contributed by atoms with E-state index in [2.05, 4.69) is 34.8 Å². The molecule has 5 nitrogen and oxygen atoms in total. The number of hydrogen-bond donors (Lipinski definition) is 0. The van der Waals surface area contributed by atoms with Gasteiger partial charge in [0.05, 0.1) is 35.2 Å². The van der Waals surface area contributed by atoms with E-state index in [-0.39, 0.29) is 33.9 Å². The van der Waals surface area contributed by atoms with Gasteiger partial charge in [-0.2, -0.15) is 5.26 Å². The lowest BCUT2D eigenvalue weighted by molar-refractivity contribution is 0.0976. The van der Waals surface area contributed by atoms with Crippen molar-refractivity contribution in [2.24, 2.45) is 5.92 Å². The predicted octanol–water partition coefficient (Wildman–Crippen LogP) is 9.71. The van der Waals surface area contributed by atoms with Crippen molar-refractivity contribution in [2.75, 3.05) is 14.2 Å². The molecule has 1 aromatic heterocycles. The van der Waals surface area contributed by atoms with Crippen molar-refractivity contribution in [3.05, 3.63) is 60.8 Å². The minimum atomic E-state index is -0.375. The number of nitriles is 1. The van der Waals surface area contributed by atoms with Crippen LogP contribution in [0.3, 0.4) is 0 Å². The number of ether oxygens (including phenoxy) is 2. The lowest BCUT2D eigenvalue weighted by atomic mass is 10.0. The number of carbonyl (C=O) groups is 1. The molecule has 0 saturated carbocycles. The Labute approximate surface area is 255 Å². The lowest BCUT2D eigenvalue weighted by Crippen LogP contribution is -2.22. The largest absolute Gasteiger partial charge is 0.495 e. The van der Waals surface area contributed by atoms with Gasteiger partial charge in [0.2, 0.25) is 0 Å². The maximum atomic E-state index is 12.3. The number of rotatable bonds is 8. The van der Waals surface area contributed by atoms with Crippen molar-refractivity contribution in [3.63, 3.8) is 0 Å². The number of halogens is 4. The van der Waals surface area contributed by atoms with Gasteiger partial charge in [-0.15, -0.1) is 28.3 Å². The first-order valence-electron chi connectivity index (χ1n) is 11.0. The molecule has 1 atom stereocenters. The number of thiocyanates is 1. The topological polar surface area (TPSA) is 72.2 Å². The molecule has 0 bridgehead atoms. The number of ketones is 1. The molecule has 0 aliphatic carbocycles. The highest BCUT2D eigenvalue weighted by atomic mass is 79.9. The van der Waals surface area contributed by atoms with Crippen LogP contribution in [0.15, 0.2) is 40.3 Å². The maximum Gasteiger partial charge on any atom is 0.177 e. The third-order valence-electron chi connectivity index (χ3n) is 5.06. The Morgan fingerprint density at radius 1 is 1.05 bits per heavy atom. The Morgan fingerprint density at radius 3 is 2.08 bits per heavy atom. The first-order valence-corrected chi connectivity index (χ1v) is 14.2. The smallest absolute Gasteiger partial charge is 0.177 e. The predicted molar refractivity (Wildman–Crippen MR) is 165 cm³/mol. The van der Waals surface area contributed by atoms with Crippen LogP contribution in [-0.2, 0) is 0 Å². The highest BCUT2D eigenvalue weighted by Crippen LogP contribution is 2.38. The van der Waals surface area contributed by atoms with E-state index in [9.17, 15) is 4.79 Å². The quantitative estimate of drug-likeness (QED) is 0.171. The molecule has 0 fully saturated rings. The number of aromatic nitrogens is 1. The molecule has 2 aromatic carbocycles. The first kappa shape index (κ1) is 33.7. The van der Waals surface area contributed by atoms with Crippen LogP contribution >= 0.6 is 79.2 Å². The summed E-state index contributed by atoms with van der Waals surface area (Å²) in [5.74, 6) is 1.65. The van der Waals surface area contributed by atoms with Crippen LogP contribution in [0.2, 0.25) is 10.0 Å². The Hall–Kier alpha value is -1.28. The van der Waals surface area contributed by atoms with Crippen LogP contribution in [0.4, 0.5) is 0 Å². The zero-order valence-electron chi connectivity index (χ0n) is 21.2. The molecule has 0 saturated heterocycles. The standard InChI is InChI=1S/C13H13BrClNOS.C13H14ClNO2S.BrH/c1-7(2)12-11(16-13(14)18-12)8-4-5-10(17-3)9(15)6-8;1-8(2)13(18-7-15)12(16)9-4-5-11(17-3)10(14)6-9;/h4-7H,1-3H3;4-6,8,13H,1-3H3;1H. The van der Waals surface area contributed by atoms with Gasteiger partial charge in [-0.3, -0.25) is 4.79 Å². The van der Waals surface area contributed by atoms with Gasteiger partial charge in [0.1, 0.15) is 16.9 Å². The van der Waals surface area contributed by atoms with Crippen molar-refractivity contribution >= 4 is 85.0 Å². The molecule has 1 heterocycles. The van der Waals surface area contributed by atoms with E-state index in [0.29, 0.717) is 33.0 Å². The molecule has 0 aliphatic rings. The molecule has 0 spiro atoms. The number of hydrogen-bond acceptors (Lipinski definition) is 7. The molecular formula is C26H28Br2Cl2N2O3S2. The fourth-order valence-electron chi connectivity index (χ4n) is 3.25. The number of nitrogens with zero attached hydrogens (tertiary/aromatic N) is 2. The van der Waals surface area contributed by atoms with Crippen LogP contribution in [-0.4, -0.2) is 30.2 Å². The highest BCUT2D eigenvalue weighted by molar-refractivity contribution is 9.11. The Balaban J connectivity index is 0.000000360. The normalized spacial score (nSPS) is 11.2. The van der Waals surface area contributed by atoms with Crippen LogP contribution in [0.25, 0.3) is 11.3 Å². The van der Waals surface area contributed by atoms with Gasteiger partial charge >= 0.3 is 0 Å². The second-order valence-corrected chi connectivity index (χ2v) is 12.3. The van der Waals surface area contributed by atoms with Gasteiger partial charge < -0.3 is 9.47 Å². The summed E-state index contributed by atoms with van der Waals surface area (Å²) in [6.45, 7) is 8.15. The van der Waals surface area contributed by atoms with Gasteiger partial charge in [0, 0.05) is 16.0 Å². The van der Waals surface area contributed by atoms with Crippen molar-refractivity contribution in [3.8, 4) is 28.2 Å². The van der Waals surface area contributed by atoms with E-state index in [4.69, 9.17) is 37.9 Å². The van der Waals surface area contributed by atoms with E-state index in [1.54, 1.807) is 36.6 Å². The molecule has 0 radical (unpaired) electrons. The molecule has 0 amide bonds. The minimum absolute atomic E-state index is 0. The SMILES string of the molecule is Br.COc1ccc(-c2nc(Br)sc2C(C)C)cc1Cl.COc1ccc(C(=O)C(SC#N)C(C)C)cc1Cl. The van der Waals surface area contributed by atoms with Crippen LogP contribution in [0, 0.1) is 16.6 Å². The van der Waals surface area contributed by atoms with E-state index in [0.717, 1.165) is 26.9 Å². The summed E-state index contributed by atoms with van der Waals surface area (Å²) in [4.78, 5) is 18.0. The van der Waals surface area contributed by atoms with Gasteiger partial charge in [-0.05, 0) is 75.9 Å². The second kappa shape index (κ2) is 16.0. The molecule has 11 heteroatoms. The summed E-state index contributed by atoms with van der Waals surface area (Å²) < 4.78 is 11.1. The molecule has 3 aromatic rings. The zero-order valence-corrected chi connectivity index (χ0v) is 27.6. The number of thioether (sulfide) groups is 1. The molecule has 37 heavy (non-hydrogen) atoms. The number of benzene rings is 2. The molecule has 0 N–H and O–H groups in total. The van der Waals surface area contributed by atoms with Gasteiger partial charge in [-0.25, -0.2) is 4.98 Å². The molecule has 3 rings (SSSR count). The fourth-order valence-corrected chi connectivity index (χ4v) is 5.91. The average molecular weight is 711 g/mol. The number of methoxy groups -OCH3 is 2. The molecule has 0 aliphatic heterocycles. The third-order valence-corrected chi connectivity index (χ3v) is 8.57. The van der Waals surface area contributed by atoms with Gasteiger partial charge in [0.25, 0.3) is 0 Å². The zero-order chi connectivity index (χ0) is 27.0. The van der Waals surface area contributed by atoms with E-state index >= 15 is 0 Å².